The minimum Gasteiger partial charge on any atom is -0.476 e. The average molecular weight is 212 g/mol. The van der Waals surface area contributed by atoms with Gasteiger partial charge in [-0.1, -0.05) is 17.8 Å². The molecule has 15 heavy (non-hydrogen) atoms. The molecule has 0 aliphatic rings. The first-order valence-electron chi connectivity index (χ1n) is 3.88. The van der Waals surface area contributed by atoms with E-state index >= 15 is 0 Å². The van der Waals surface area contributed by atoms with Crippen LogP contribution in [-0.2, 0) is 4.74 Å². The summed E-state index contributed by atoms with van der Waals surface area (Å²) in [5, 5.41) is 13.8. The molecule has 1 heterocycles. The van der Waals surface area contributed by atoms with Crippen LogP contribution in [0.1, 0.15) is 10.5 Å². The van der Waals surface area contributed by atoms with Crippen molar-refractivity contribution in [1.29, 1.82) is 0 Å². The number of anilines is 1. The molecule has 1 rings (SSSR count). The number of ether oxygens (including phenoxy) is 1. The van der Waals surface area contributed by atoms with E-state index in [0.29, 0.717) is 0 Å². The minimum atomic E-state index is -1.24. The molecule has 0 spiro atoms. The van der Waals surface area contributed by atoms with Crippen LogP contribution in [0.2, 0.25) is 0 Å². The van der Waals surface area contributed by atoms with Crippen molar-refractivity contribution in [2.75, 3.05) is 11.9 Å². The lowest BCUT2D eigenvalue weighted by atomic mass is 10.4. The molecule has 7 heteroatoms. The lowest BCUT2D eigenvalue weighted by Crippen LogP contribution is -2.12. The van der Waals surface area contributed by atoms with Gasteiger partial charge in [-0.3, -0.25) is 5.32 Å². The van der Waals surface area contributed by atoms with Gasteiger partial charge in [0.25, 0.3) is 0 Å². The molecule has 80 valence electrons. The van der Waals surface area contributed by atoms with Crippen LogP contribution in [0.15, 0.2) is 23.2 Å². The zero-order valence-corrected chi connectivity index (χ0v) is 7.60. The van der Waals surface area contributed by atoms with Crippen molar-refractivity contribution in [1.82, 2.24) is 5.16 Å². The monoisotopic (exact) mass is 212 g/mol. The van der Waals surface area contributed by atoms with Gasteiger partial charge in [0, 0.05) is 6.07 Å². The van der Waals surface area contributed by atoms with Crippen molar-refractivity contribution in [2.45, 2.75) is 0 Å². The molecule has 0 aromatic carbocycles. The van der Waals surface area contributed by atoms with Gasteiger partial charge in [0.15, 0.2) is 5.69 Å². The molecule has 1 amide bonds. The van der Waals surface area contributed by atoms with E-state index in [-0.39, 0.29) is 18.2 Å². The van der Waals surface area contributed by atoms with Gasteiger partial charge in [0.2, 0.25) is 5.88 Å². The Morgan fingerprint density at radius 1 is 1.73 bits per heavy atom. The fourth-order valence-electron chi connectivity index (χ4n) is 0.706. The van der Waals surface area contributed by atoms with Gasteiger partial charge < -0.3 is 14.4 Å². The Bertz CT molecular complexity index is 384. The molecular weight excluding hydrogens is 204 g/mol. The third-order valence-electron chi connectivity index (χ3n) is 1.29. The highest BCUT2D eigenvalue weighted by atomic mass is 16.6. The summed E-state index contributed by atoms with van der Waals surface area (Å²) < 4.78 is 9.07. The number of aromatic carboxylic acids is 1. The second kappa shape index (κ2) is 4.80. The van der Waals surface area contributed by atoms with E-state index in [9.17, 15) is 9.59 Å². The fraction of sp³-hybridized carbons (Fsp3) is 0.125. The van der Waals surface area contributed by atoms with Crippen LogP contribution in [0.3, 0.4) is 0 Å². The van der Waals surface area contributed by atoms with Gasteiger partial charge in [0.1, 0.15) is 6.61 Å². The highest BCUT2D eigenvalue weighted by Gasteiger charge is 2.12. The number of carboxylic acids is 1. The third-order valence-corrected chi connectivity index (χ3v) is 1.29. The second-order valence-corrected chi connectivity index (χ2v) is 2.39. The Morgan fingerprint density at radius 3 is 3.00 bits per heavy atom. The molecular formula is C8H8N2O5. The van der Waals surface area contributed by atoms with Crippen LogP contribution in [0.4, 0.5) is 10.7 Å². The maximum Gasteiger partial charge on any atom is 0.414 e. The summed E-state index contributed by atoms with van der Waals surface area (Å²) in [5.41, 5.74) is -0.297. The lowest BCUT2D eigenvalue weighted by Gasteiger charge is -1.99. The smallest absolute Gasteiger partial charge is 0.414 e. The van der Waals surface area contributed by atoms with Crippen LogP contribution in [0, 0.1) is 0 Å². The zero-order valence-electron chi connectivity index (χ0n) is 7.60. The number of hydrogen-bond donors (Lipinski definition) is 2. The first kappa shape index (κ1) is 10.8. The maximum atomic E-state index is 10.9. The molecule has 1 aromatic heterocycles. The Morgan fingerprint density at radius 2 is 2.47 bits per heavy atom. The summed E-state index contributed by atoms with van der Waals surface area (Å²) in [4.78, 5) is 21.3. The molecule has 0 unspecified atom stereocenters. The number of nitrogens with one attached hydrogen (secondary N) is 1. The quantitative estimate of drug-likeness (QED) is 0.724. The number of hydrogen-bond acceptors (Lipinski definition) is 5. The molecule has 1 aromatic rings. The topological polar surface area (TPSA) is 102 Å². The number of carbonyl (C=O) groups excluding carboxylic acids is 1. The number of carboxylic acid groups (broad SMARTS) is 1. The molecule has 0 aliphatic heterocycles. The molecule has 2 N–H and O–H groups in total. The van der Waals surface area contributed by atoms with Crippen LogP contribution < -0.4 is 5.32 Å². The van der Waals surface area contributed by atoms with Gasteiger partial charge in [-0.2, -0.15) is 0 Å². The Balaban J connectivity index is 2.53. The predicted octanol–water partition coefficient (Wildman–Crippen LogP) is 1.11. The molecule has 0 radical (unpaired) electrons. The van der Waals surface area contributed by atoms with Gasteiger partial charge in [-0.05, 0) is 0 Å². The largest absolute Gasteiger partial charge is 0.476 e. The summed E-state index contributed by atoms with van der Waals surface area (Å²) >= 11 is 0. The number of aromatic nitrogens is 1. The van der Waals surface area contributed by atoms with Crippen molar-refractivity contribution in [3.8, 4) is 0 Å². The first-order chi connectivity index (χ1) is 7.13. The minimum absolute atomic E-state index is 0.0474. The molecule has 7 nitrogen and oxygen atoms in total. The highest BCUT2D eigenvalue weighted by molar-refractivity contribution is 5.88. The first-order valence-corrected chi connectivity index (χ1v) is 3.88. The zero-order chi connectivity index (χ0) is 11.3. The van der Waals surface area contributed by atoms with Crippen LogP contribution in [-0.4, -0.2) is 28.9 Å². The number of nitrogens with zero attached hydrogens (tertiary/aromatic N) is 1. The van der Waals surface area contributed by atoms with Crippen molar-refractivity contribution in [3.63, 3.8) is 0 Å². The standard InChI is InChI=1S/C8H8N2O5/c1-2-3-14-8(13)9-6-4-5(7(11)12)10-15-6/h2,4H,1,3H2,(H,9,13)(H,11,12). The average Bonchev–Trinajstić information content (AvgIpc) is 2.63. The van der Waals surface area contributed by atoms with E-state index in [1.54, 1.807) is 0 Å². The van der Waals surface area contributed by atoms with Crippen molar-refractivity contribution >= 4 is 17.9 Å². The summed E-state index contributed by atoms with van der Waals surface area (Å²) in [6.45, 7) is 3.40. The third kappa shape index (κ3) is 3.14. The number of amides is 1. The Hall–Kier alpha value is -2.31. The van der Waals surface area contributed by atoms with Crippen molar-refractivity contribution in [2.24, 2.45) is 0 Å². The van der Waals surface area contributed by atoms with E-state index in [2.05, 4.69) is 26.3 Å². The maximum absolute atomic E-state index is 10.9. The summed E-state index contributed by atoms with van der Waals surface area (Å²) in [6.07, 6.45) is 0.617. The Labute approximate surface area is 84.3 Å². The van der Waals surface area contributed by atoms with Gasteiger partial charge >= 0.3 is 12.1 Å². The van der Waals surface area contributed by atoms with E-state index in [4.69, 9.17) is 5.11 Å². The van der Waals surface area contributed by atoms with Crippen LogP contribution >= 0.6 is 0 Å². The van der Waals surface area contributed by atoms with E-state index < -0.39 is 12.1 Å². The molecule has 0 atom stereocenters. The highest BCUT2D eigenvalue weighted by Crippen LogP contribution is 2.09. The van der Waals surface area contributed by atoms with E-state index in [1.807, 2.05) is 0 Å². The normalized spacial score (nSPS) is 9.33. The number of rotatable bonds is 4. The fourth-order valence-corrected chi connectivity index (χ4v) is 0.706. The van der Waals surface area contributed by atoms with Gasteiger partial charge in [-0.15, -0.1) is 0 Å². The summed E-state index contributed by atoms with van der Waals surface area (Å²) in [7, 11) is 0. The van der Waals surface area contributed by atoms with E-state index in [1.165, 1.54) is 6.08 Å². The van der Waals surface area contributed by atoms with Gasteiger partial charge in [-0.25, -0.2) is 9.59 Å². The SMILES string of the molecule is C=CCOC(=O)Nc1cc(C(=O)O)no1. The second-order valence-electron chi connectivity index (χ2n) is 2.39. The molecule has 0 aliphatic carbocycles. The predicted molar refractivity (Wildman–Crippen MR) is 48.6 cm³/mol. The van der Waals surface area contributed by atoms with Crippen molar-refractivity contribution < 1.29 is 24.0 Å². The van der Waals surface area contributed by atoms with Crippen LogP contribution in [0.5, 0.6) is 0 Å². The van der Waals surface area contributed by atoms with Gasteiger partial charge in [0.05, 0.1) is 0 Å². The number of carbonyl (C=O) groups is 2. The lowest BCUT2D eigenvalue weighted by molar-refractivity contribution is 0.0686. The van der Waals surface area contributed by atoms with Crippen LogP contribution in [0.25, 0.3) is 0 Å². The summed E-state index contributed by atoms with van der Waals surface area (Å²) in [6, 6.07) is 1.07. The Kier molecular flexibility index (Phi) is 3.44. The molecule has 0 bridgehead atoms. The molecule has 0 fully saturated rings. The summed E-state index contributed by atoms with van der Waals surface area (Å²) in [5.74, 6) is -1.34. The molecule has 0 saturated heterocycles. The van der Waals surface area contributed by atoms with Crippen molar-refractivity contribution in [3.05, 3.63) is 24.4 Å². The molecule has 0 saturated carbocycles. The van der Waals surface area contributed by atoms with E-state index in [0.717, 1.165) is 6.07 Å².